The first-order chi connectivity index (χ1) is 13.5. The van der Waals surface area contributed by atoms with Crippen LogP contribution in [-0.2, 0) is 4.79 Å². The molecule has 2 aromatic rings. The number of benzene rings is 2. The first kappa shape index (κ1) is 19.8. The minimum absolute atomic E-state index is 0.0287. The van der Waals surface area contributed by atoms with Gasteiger partial charge in [-0.2, -0.15) is 0 Å². The van der Waals surface area contributed by atoms with E-state index in [-0.39, 0.29) is 18.5 Å². The van der Waals surface area contributed by atoms with Crippen LogP contribution in [0.2, 0.25) is 5.02 Å². The normalized spacial score (nSPS) is 13.6. The van der Waals surface area contributed by atoms with E-state index >= 15 is 0 Å². The summed E-state index contributed by atoms with van der Waals surface area (Å²) in [6, 6.07) is 14.5. The number of amides is 3. The van der Waals surface area contributed by atoms with E-state index in [1.807, 2.05) is 41.3 Å². The number of carbonyl (C=O) groups is 2. The summed E-state index contributed by atoms with van der Waals surface area (Å²) in [6.07, 6.45) is 0. The molecule has 1 aliphatic rings. The van der Waals surface area contributed by atoms with E-state index in [0.29, 0.717) is 37.0 Å². The van der Waals surface area contributed by atoms with Crippen molar-refractivity contribution in [1.29, 1.82) is 0 Å². The molecule has 3 amide bonds. The van der Waals surface area contributed by atoms with Crippen LogP contribution < -0.4 is 20.3 Å². The van der Waals surface area contributed by atoms with Crippen molar-refractivity contribution in [2.24, 2.45) is 0 Å². The van der Waals surface area contributed by atoms with Crippen LogP contribution in [0, 0.1) is 0 Å². The van der Waals surface area contributed by atoms with Gasteiger partial charge < -0.3 is 25.2 Å². The van der Waals surface area contributed by atoms with E-state index < -0.39 is 0 Å². The molecule has 0 aromatic heterocycles. The number of para-hydroxylation sites is 1. The number of piperazine rings is 1. The van der Waals surface area contributed by atoms with Crippen molar-refractivity contribution in [2.75, 3.05) is 50.1 Å². The molecule has 0 bridgehead atoms. The Labute approximate surface area is 169 Å². The van der Waals surface area contributed by atoms with Crippen LogP contribution in [0.15, 0.2) is 48.5 Å². The number of carbonyl (C=O) groups excluding carboxylic acids is 2. The third-order valence-electron chi connectivity index (χ3n) is 4.36. The molecule has 1 fully saturated rings. The smallest absolute Gasteiger partial charge is 0.321 e. The van der Waals surface area contributed by atoms with Gasteiger partial charge in [0.1, 0.15) is 12.4 Å². The third-order valence-corrected chi connectivity index (χ3v) is 4.67. The highest BCUT2D eigenvalue weighted by atomic mass is 35.5. The second kappa shape index (κ2) is 9.32. The Morgan fingerprint density at radius 1 is 1.29 bits per heavy atom. The van der Waals surface area contributed by atoms with Crippen LogP contribution in [0.25, 0.3) is 0 Å². The molecule has 7 nitrogen and oxygen atoms in total. The third kappa shape index (κ3) is 5.29. The predicted octanol–water partition coefficient (Wildman–Crippen LogP) is 2.82. The molecule has 2 aromatic carbocycles. The van der Waals surface area contributed by atoms with Crippen molar-refractivity contribution in [3.8, 4) is 5.75 Å². The molecule has 0 aliphatic carbocycles. The minimum atomic E-state index is -0.252. The minimum Gasteiger partial charge on any atom is -0.492 e. The van der Waals surface area contributed by atoms with Gasteiger partial charge in [0.2, 0.25) is 5.91 Å². The summed E-state index contributed by atoms with van der Waals surface area (Å²) >= 11 is 6.37. The summed E-state index contributed by atoms with van der Waals surface area (Å²) in [5.74, 6) is 0.740. The predicted molar refractivity (Wildman–Crippen MR) is 110 cm³/mol. The Bertz CT molecular complexity index is 831. The molecule has 1 saturated heterocycles. The number of likely N-dealkylation sites (N-methyl/N-ethyl adjacent to an activating group) is 1. The zero-order valence-corrected chi connectivity index (χ0v) is 16.4. The van der Waals surface area contributed by atoms with E-state index in [2.05, 4.69) is 10.6 Å². The first-order valence-electron chi connectivity index (χ1n) is 9.04. The molecule has 1 aliphatic heterocycles. The number of hydrogen-bond donors (Lipinski definition) is 2. The largest absolute Gasteiger partial charge is 0.492 e. The number of urea groups is 1. The maximum atomic E-state index is 12.3. The van der Waals surface area contributed by atoms with Crippen LogP contribution >= 0.6 is 11.6 Å². The van der Waals surface area contributed by atoms with Crippen molar-refractivity contribution < 1.29 is 14.3 Å². The molecule has 0 atom stereocenters. The van der Waals surface area contributed by atoms with Gasteiger partial charge in [-0.05, 0) is 30.3 Å². The highest BCUT2D eigenvalue weighted by Gasteiger charge is 2.19. The topological polar surface area (TPSA) is 73.9 Å². The van der Waals surface area contributed by atoms with Gasteiger partial charge in [-0.1, -0.05) is 29.8 Å². The van der Waals surface area contributed by atoms with E-state index in [9.17, 15) is 9.59 Å². The fraction of sp³-hybridized carbons (Fsp3) is 0.300. The van der Waals surface area contributed by atoms with Crippen LogP contribution in [0.5, 0.6) is 5.75 Å². The van der Waals surface area contributed by atoms with Gasteiger partial charge in [0, 0.05) is 25.8 Å². The Kier molecular flexibility index (Phi) is 6.60. The van der Waals surface area contributed by atoms with Gasteiger partial charge in [0.25, 0.3) is 0 Å². The molecule has 148 valence electrons. The number of hydrogen-bond acceptors (Lipinski definition) is 4. The van der Waals surface area contributed by atoms with Gasteiger partial charge in [-0.3, -0.25) is 4.79 Å². The Morgan fingerprint density at radius 3 is 2.79 bits per heavy atom. The first-order valence-corrected chi connectivity index (χ1v) is 9.42. The van der Waals surface area contributed by atoms with Gasteiger partial charge in [0.15, 0.2) is 0 Å². The summed E-state index contributed by atoms with van der Waals surface area (Å²) in [4.78, 5) is 27.4. The molecule has 28 heavy (non-hydrogen) atoms. The molecule has 0 radical (unpaired) electrons. The summed E-state index contributed by atoms with van der Waals surface area (Å²) < 4.78 is 5.61. The number of ether oxygens (including phenoxy) is 1. The quantitative estimate of drug-likeness (QED) is 0.779. The Balaban J connectivity index is 1.51. The van der Waals surface area contributed by atoms with Crippen molar-refractivity contribution in [3.63, 3.8) is 0 Å². The fourth-order valence-corrected chi connectivity index (χ4v) is 3.12. The summed E-state index contributed by atoms with van der Waals surface area (Å²) in [6.45, 7) is 2.39. The molecule has 2 N–H and O–H groups in total. The van der Waals surface area contributed by atoms with Gasteiger partial charge in [0.05, 0.1) is 23.8 Å². The lowest BCUT2D eigenvalue weighted by Gasteiger charge is -2.29. The second-order valence-corrected chi connectivity index (χ2v) is 6.86. The van der Waals surface area contributed by atoms with Crippen molar-refractivity contribution in [1.82, 2.24) is 10.2 Å². The van der Waals surface area contributed by atoms with E-state index in [0.717, 1.165) is 11.4 Å². The van der Waals surface area contributed by atoms with Crippen LogP contribution in [0.3, 0.4) is 0 Å². The molecule has 0 spiro atoms. The van der Waals surface area contributed by atoms with Crippen LogP contribution in [0.1, 0.15) is 0 Å². The number of rotatable bonds is 6. The van der Waals surface area contributed by atoms with Gasteiger partial charge in [-0.25, -0.2) is 4.79 Å². The SMILES string of the molecule is CN(CCOc1ccccc1)C(=O)Nc1ccc(N2CCNC(=O)C2)c(Cl)c1. The zero-order chi connectivity index (χ0) is 19.9. The standard InChI is InChI=1S/C20H23ClN4O3/c1-24(11-12-28-16-5-3-2-4-6-16)20(27)23-15-7-8-18(17(21)13-15)25-10-9-22-19(26)14-25/h2-8,13H,9-12,14H2,1H3,(H,22,26)(H,23,27). The number of anilines is 2. The van der Waals surface area contributed by atoms with E-state index in [1.165, 1.54) is 0 Å². The monoisotopic (exact) mass is 402 g/mol. The lowest BCUT2D eigenvalue weighted by atomic mass is 10.2. The summed E-state index contributed by atoms with van der Waals surface area (Å²) in [7, 11) is 1.70. The molecule has 0 unspecified atom stereocenters. The highest BCUT2D eigenvalue weighted by molar-refractivity contribution is 6.33. The van der Waals surface area contributed by atoms with Crippen molar-refractivity contribution in [2.45, 2.75) is 0 Å². The Hall–Kier alpha value is -2.93. The number of nitrogens with zero attached hydrogens (tertiary/aromatic N) is 2. The summed E-state index contributed by atoms with van der Waals surface area (Å²) in [5, 5.41) is 6.09. The molecule has 0 saturated carbocycles. The number of halogens is 1. The number of nitrogens with one attached hydrogen (secondary N) is 2. The maximum Gasteiger partial charge on any atom is 0.321 e. The lowest BCUT2D eigenvalue weighted by Crippen LogP contribution is -2.47. The van der Waals surface area contributed by atoms with Crippen LogP contribution in [-0.4, -0.2) is 56.7 Å². The van der Waals surface area contributed by atoms with Crippen molar-refractivity contribution >= 4 is 34.9 Å². The summed E-state index contributed by atoms with van der Waals surface area (Å²) in [5.41, 5.74) is 1.37. The van der Waals surface area contributed by atoms with Crippen molar-refractivity contribution in [3.05, 3.63) is 53.6 Å². The van der Waals surface area contributed by atoms with E-state index in [1.54, 1.807) is 24.1 Å². The van der Waals surface area contributed by atoms with Gasteiger partial charge >= 0.3 is 6.03 Å². The average Bonchev–Trinajstić information content (AvgIpc) is 2.69. The van der Waals surface area contributed by atoms with Gasteiger partial charge in [-0.15, -0.1) is 0 Å². The fourth-order valence-electron chi connectivity index (χ4n) is 2.82. The molecule has 8 heteroatoms. The maximum absolute atomic E-state index is 12.3. The average molecular weight is 403 g/mol. The zero-order valence-electron chi connectivity index (χ0n) is 15.7. The molecular formula is C20H23ClN4O3. The highest BCUT2D eigenvalue weighted by Crippen LogP contribution is 2.29. The molecular weight excluding hydrogens is 380 g/mol. The van der Waals surface area contributed by atoms with Crippen LogP contribution in [0.4, 0.5) is 16.2 Å². The molecule has 3 rings (SSSR count). The van der Waals surface area contributed by atoms with E-state index in [4.69, 9.17) is 16.3 Å². The Morgan fingerprint density at radius 2 is 2.07 bits per heavy atom. The molecule has 1 heterocycles. The second-order valence-electron chi connectivity index (χ2n) is 6.45. The lowest BCUT2D eigenvalue weighted by molar-refractivity contribution is -0.120.